The number of ether oxygens (including phenoxy) is 1. The second kappa shape index (κ2) is 6.83. The van der Waals surface area contributed by atoms with Crippen LogP contribution < -0.4 is 10.1 Å². The highest BCUT2D eigenvalue weighted by Gasteiger charge is 2.23. The van der Waals surface area contributed by atoms with Gasteiger partial charge in [0.1, 0.15) is 5.75 Å². The molecule has 0 spiro atoms. The van der Waals surface area contributed by atoms with Crippen molar-refractivity contribution in [1.29, 1.82) is 0 Å². The summed E-state index contributed by atoms with van der Waals surface area (Å²) in [5.74, 6) is -0.0628. The zero-order valence-corrected chi connectivity index (χ0v) is 14.3. The number of fused-ring (bicyclic) bond motifs is 1. The van der Waals surface area contributed by atoms with Crippen molar-refractivity contribution < 1.29 is 19.2 Å². The summed E-state index contributed by atoms with van der Waals surface area (Å²) >= 11 is 0. The summed E-state index contributed by atoms with van der Waals surface area (Å²) in [6.07, 6.45) is 0. The largest absolute Gasteiger partial charge is 0.482 e. The maximum Gasteiger partial charge on any atom is 0.269 e. The first-order chi connectivity index (χ1) is 12.4. The second-order valence-corrected chi connectivity index (χ2v) is 5.99. The van der Waals surface area contributed by atoms with E-state index in [-0.39, 0.29) is 30.2 Å². The lowest BCUT2D eigenvalue weighted by molar-refractivity contribution is -0.384. The van der Waals surface area contributed by atoms with E-state index in [1.54, 1.807) is 44.3 Å². The fourth-order valence-corrected chi connectivity index (χ4v) is 2.71. The summed E-state index contributed by atoms with van der Waals surface area (Å²) in [6.45, 7) is 1.71. The van der Waals surface area contributed by atoms with Gasteiger partial charge in [-0.05, 0) is 30.7 Å². The number of amides is 2. The van der Waals surface area contributed by atoms with Crippen molar-refractivity contribution in [2.45, 2.75) is 13.0 Å². The average molecular weight is 355 g/mol. The molecule has 1 aliphatic heterocycles. The van der Waals surface area contributed by atoms with Crippen LogP contribution in [0.3, 0.4) is 0 Å². The third kappa shape index (κ3) is 3.34. The number of non-ortho nitro benzene ring substituents is 1. The predicted molar refractivity (Wildman–Crippen MR) is 94.2 cm³/mol. The zero-order chi connectivity index (χ0) is 18.8. The monoisotopic (exact) mass is 355 g/mol. The van der Waals surface area contributed by atoms with Crippen molar-refractivity contribution in [3.05, 3.63) is 63.7 Å². The predicted octanol–water partition coefficient (Wildman–Crippen LogP) is 2.76. The maximum atomic E-state index is 12.8. The number of hydrogen-bond donors (Lipinski definition) is 1. The van der Waals surface area contributed by atoms with Crippen LogP contribution in [0, 0.1) is 10.1 Å². The van der Waals surface area contributed by atoms with Crippen LogP contribution in [0.1, 0.15) is 28.9 Å². The highest BCUT2D eigenvalue weighted by atomic mass is 16.6. The standard InChI is InChI=1S/C18H17N3O5/c1-11(12-4-3-5-14(8-12)21(24)25)20(2)18(23)13-6-7-15-16(9-13)26-10-17(22)19-15/h3-9,11H,10H2,1-2H3,(H,19,22)/t11-/m0/s1. The molecule has 0 bridgehead atoms. The van der Waals surface area contributed by atoms with Crippen LogP contribution in [0.2, 0.25) is 0 Å². The molecular weight excluding hydrogens is 338 g/mol. The SMILES string of the molecule is C[C@@H](c1cccc([N+](=O)[O-])c1)N(C)C(=O)c1ccc2c(c1)OCC(=O)N2. The topological polar surface area (TPSA) is 102 Å². The lowest BCUT2D eigenvalue weighted by Gasteiger charge is -2.26. The number of benzene rings is 2. The molecule has 0 radical (unpaired) electrons. The number of rotatable bonds is 4. The molecule has 2 amide bonds. The van der Waals surface area contributed by atoms with Crippen LogP contribution in [0.15, 0.2) is 42.5 Å². The molecule has 1 atom stereocenters. The van der Waals surface area contributed by atoms with Gasteiger partial charge in [-0.1, -0.05) is 12.1 Å². The Balaban J connectivity index is 1.82. The van der Waals surface area contributed by atoms with Crippen molar-refractivity contribution in [1.82, 2.24) is 4.90 Å². The van der Waals surface area contributed by atoms with Crippen molar-refractivity contribution >= 4 is 23.2 Å². The van der Waals surface area contributed by atoms with Gasteiger partial charge in [0.2, 0.25) is 0 Å². The van der Waals surface area contributed by atoms with E-state index in [1.807, 2.05) is 0 Å². The van der Waals surface area contributed by atoms with E-state index in [0.717, 1.165) is 0 Å². The molecule has 0 unspecified atom stereocenters. The third-order valence-corrected chi connectivity index (χ3v) is 4.33. The van der Waals surface area contributed by atoms with E-state index >= 15 is 0 Å². The summed E-state index contributed by atoms with van der Waals surface area (Å²) in [7, 11) is 1.63. The molecule has 26 heavy (non-hydrogen) atoms. The number of nitro benzene ring substituents is 1. The molecule has 134 valence electrons. The summed E-state index contributed by atoms with van der Waals surface area (Å²) < 4.78 is 5.34. The van der Waals surface area contributed by atoms with Crippen molar-refractivity contribution in [3.8, 4) is 5.75 Å². The van der Waals surface area contributed by atoms with Crippen molar-refractivity contribution in [2.24, 2.45) is 0 Å². The van der Waals surface area contributed by atoms with Gasteiger partial charge in [0.05, 0.1) is 16.7 Å². The Morgan fingerprint density at radius 3 is 2.81 bits per heavy atom. The second-order valence-electron chi connectivity index (χ2n) is 5.99. The van der Waals surface area contributed by atoms with Gasteiger partial charge in [0.15, 0.2) is 6.61 Å². The molecule has 0 aromatic heterocycles. The smallest absolute Gasteiger partial charge is 0.269 e. The number of nitrogens with one attached hydrogen (secondary N) is 1. The zero-order valence-electron chi connectivity index (χ0n) is 14.3. The molecule has 0 saturated carbocycles. The van der Waals surface area contributed by atoms with E-state index in [0.29, 0.717) is 22.6 Å². The fourth-order valence-electron chi connectivity index (χ4n) is 2.71. The van der Waals surface area contributed by atoms with Gasteiger partial charge in [0.25, 0.3) is 17.5 Å². The quantitative estimate of drug-likeness (QED) is 0.671. The molecule has 2 aromatic rings. The van der Waals surface area contributed by atoms with Gasteiger partial charge >= 0.3 is 0 Å². The van der Waals surface area contributed by atoms with Crippen LogP contribution in [-0.4, -0.2) is 35.3 Å². The third-order valence-electron chi connectivity index (χ3n) is 4.33. The first kappa shape index (κ1) is 17.4. The van der Waals surface area contributed by atoms with E-state index in [9.17, 15) is 19.7 Å². The fraction of sp³-hybridized carbons (Fsp3) is 0.222. The molecule has 0 fully saturated rings. The summed E-state index contributed by atoms with van der Waals surface area (Å²) in [6, 6.07) is 10.6. The van der Waals surface area contributed by atoms with Gasteiger partial charge in [-0.25, -0.2) is 0 Å². The number of anilines is 1. The Hall–Kier alpha value is -3.42. The van der Waals surface area contributed by atoms with E-state index in [2.05, 4.69) is 5.32 Å². The number of carbonyl (C=O) groups excluding carboxylic acids is 2. The molecule has 0 aliphatic carbocycles. The maximum absolute atomic E-state index is 12.8. The Bertz CT molecular complexity index is 896. The summed E-state index contributed by atoms with van der Waals surface area (Å²) in [5, 5.41) is 13.6. The summed E-state index contributed by atoms with van der Waals surface area (Å²) in [5.41, 5.74) is 1.57. The summed E-state index contributed by atoms with van der Waals surface area (Å²) in [4.78, 5) is 36.1. The van der Waals surface area contributed by atoms with Crippen LogP contribution >= 0.6 is 0 Å². The highest BCUT2D eigenvalue weighted by molar-refractivity contribution is 5.99. The number of nitro groups is 1. The van der Waals surface area contributed by atoms with Crippen LogP contribution in [0.25, 0.3) is 0 Å². The molecule has 1 N–H and O–H groups in total. The first-order valence-corrected chi connectivity index (χ1v) is 7.95. The minimum absolute atomic E-state index is 0.0203. The van der Waals surface area contributed by atoms with Crippen LogP contribution in [-0.2, 0) is 4.79 Å². The van der Waals surface area contributed by atoms with Gasteiger partial charge in [-0.3, -0.25) is 19.7 Å². The average Bonchev–Trinajstić information content (AvgIpc) is 2.65. The van der Waals surface area contributed by atoms with Crippen molar-refractivity contribution in [2.75, 3.05) is 19.0 Å². The lowest BCUT2D eigenvalue weighted by Crippen LogP contribution is -2.30. The van der Waals surface area contributed by atoms with Crippen molar-refractivity contribution in [3.63, 3.8) is 0 Å². The van der Waals surface area contributed by atoms with Gasteiger partial charge in [-0.2, -0.15) is 0 Å². The molecule has 3 rings (SSSR count). The number of carbonyl (C=O) groups is 2. The van der Waals surface area contributed by atoms with E-state index in [4.69, 9.17) is 4.74 Å². The molecule has 0 saturated heterocycles. The van der Waals surface area contributed by atoms with Crippen LogP contribution in [0.5, 0.6) is 5.75 Å². The molecule has 1 heterocycles. The Kier molecular flexibility index (Phi) is 4.57. The minimum Gasteiger partial charge on any atom is -0.482 e. The molecule has 2 aromatic carbocycles. The molecule has 1 aliphatic rings. The molecule has 8 nitrogen and oxygen atoms in total. The van der Waals surface area contributed by atoms with Gasteiger partial charge in [-0.15, -0.1) is 0 Å². The van der Waals surface area contributed by atoms with Gasteiger partial charge < -0.3 is 15.0 Å². The Morgan fingerprint density at radius 1 is 1.31 bits per heavy atom. The minimum atomic E-state index is -0.465. The van der Waals surface area contributed by atoms with E-state index in [1.165, 1.54) is 17.0 Å². The Labute approximate surface area is 149 Å². The lowest BCUT2D eigenvalue weighted by atomic mass is 10.0. The Morgan fingerprint density at radius 2 is 2.08 bits per heavy atom. The highest BCUT2D eigenvalue weighted by Crippen LogP contribution is 2.30. The van der Waals surface area contributed by atoms with Gasteiger partial charge in [0, 0.05) is 24.7 Å². The van der Waals surface area contributed by atoms with E-state index < -0.39 is 4.92 Å². The van der Waals surface area contributed by atoms with Crippen LogP contribution in [0.4, 0.5) is 11.4 Å². The normalized spacial score (nSPS) is 13.8. The number of nitrogens with zero attached hydrogens (tertiary/aromatic N) is 2. The first-order valence-electron chi connectivity index (χ1n) is 7.95. The molecule has 8 heteroatoms. The number of hydrogen-bond acceptors (Lipinski definition) is 5. The molecular formula is C18H17N3O5.